The molecule has 0 bridgehead atoms. The number of carbonyl (C=O) groups excluding carboxylic acids is 1. The van der Waals surface area contributed by atoms with Crippen molar-refractivity contribution in [2.24, 2.45) is 5.73 Å². The highest BCUT2D eigenvalue weighted by Gasteiger charge is 2.11. The highest BCUT2D eigenvalue weighted by molar-refractivity contribution is 6.28. The third kappa shape index (κ3) is 3.21. The summed E-state index contributed by atoms with van der Waals surface area (Å²) in [6.07, 6.45) is 0. The molecule has 1 heterocycles. The maximum absolute atomic E-state index is 10.8. The van der Waals surface area contributed by atoms with Gasteiger partial charge < -0.3 is 16.4 Å². The van der Waals surface area contributed by atoms with E-state index in [2.05, 4.69) is 25.6 Å². The molecule has 8 heteroatoms. The van der Waals surface area contributed by atoms with E-state index < -0.39 is 11.9 Å². The zero-order valence-electron chi connectivity index (χ0n) is 8.28. The van der Waals surface area contributed by atoms with E-state index >= 15 is 0 Å². The molecule has 1 unspecified atom stereocenters. The number of amides is 1. The van der Waals surface area contributed by atoms with Crippen LogP contribution in [0.1, 0.15) is 6.92 Å². The molecule has 0 aliphatic carbocycles. The van der Waals surface area contributed by atoms with E-state index in [9.17, 15) is 4.79 Å². The van der Waals surface area contributed by atoms with Crippen LogP contribution in [0.5, 0.6) is 0 Å². The molecule has 0 fully saturated rings. The number of hydrogen-bond acceptors (Lipinski definition) is 6. The summed E-state index contributed by atoms with van der Waals surface area (Å²) in [5.74, 6) is 0.0114. The topological polar surface area (TPSA) is 106 Å². The van der Waals surface area contributed by atoms with Crippen molar-refractivity contribution in [1.82, 2.24) is 15.0 Å². The summed E-state index contributed by atoms with van der Waals surface area (Å²) in [5.41, 5.74) is 5.07. The van der Waals surface area contributed by atoms with Crippen molar-refractivity contribution in [1.29, 1.82) is 0 Å². The molecular formula is C7H11ClN6O. The first-order valence-electron chi connectivity index (χ1n) is 4.18. The fourth-order valence-electron chi connectivity index (χ4n) is 0.791. The lowest BCUT2D eigenvalue weighted by Gasteiger charge is -2.10. The molecule has 1 aromatic heterocycles. The molecule has 1 atom stereocenters. The minimum absolute atomic E-state index is 0.0357. The fourth-order valence-corrected chi connectivity index (χ4v) is 0.951. The maximum atomic E-state index is 10.8. The number of rotatable bonds is 4. The predicted molar refractivity (Wildman–Crippen MR) is 56.7 cm³/mol. The number of nitrogens with two attached hydrogens (primary N) is 1. The van der Waals surface area contributed by atoms with Crippen LogP contribution >= 0.6 is 11.6 Å². The van der Waals surface area contributed by atoms with Gasteiger partial charge in [-0.05, 0) is 18.5 Å². The average molecular weight is 231 g/mol. The van der Waals surface area contributed by atoms with Crippen molar-refractivity contribution >= 4 is 29.4 Å². The molecule has 1 rings (SSSR count). The van der Waals surface area contributed by atoms with Gasteiger partial charge >= 0.3 is 0 Å². The SMILES string of the molecule is CNc1nc(Cl)nc(NC(C)C(N)=O)n1. The zero-order valence-corrected chi connectivity index (χ0v) is 9.04. The van der Waals surface area contributed by atoms with E-state index in [0.717, 1.165) is 0 Å². The second kappa shape index (κ2) is 4.74. The number of nitrogens with zero attached hydrogens (tertiary/aromatic N) is 3. The summed E-state index contributed by atoms with van der Waals surface area (Å²) in [4.78, 5) is 22.3. The molecule has 0 aliphatic rings. The summed E-state index contributed by atoms with van der Waals surface area (Å²) in [7, 11) is 1.65. The lowest BCUT2D eigenvalue weighted by atomic mass is 10.3. The summed E-state index contributed by atoms with van der Waals surface area (Å²) in [5, 5.41) is 5.44. The molecule has 1 amide bonds. The van der Waals surface area contributed by atoms with E-state index in [-0.39, 0.29) is 11.2 Å². The van der Waals surface area contributed by atoms with Gasteiger partial charge in [0.05, 0.1) is 0 Å². The zero-order chi connectivity index (χ0) is 11.4. The van der Waals surface area contributed by atoms with Crippen LogP contribution in [0.4, 0.5) is 11.9 Å². The minimum Gasteiger partial charge on any atom is -0.368 e. The molecule has 1 aromatic rings. The lowest BCUT2D eigenvalue weighted by Crippen LogP contribution is -2.33. The van der Waals surface area contributed by atoms with Crippen molar-refractivity contribution in [2.75, 3.05) is 17.7 Å². The number of aromatic nitrogens is 3. The van der Waals surface area contributed by atoms with Gasteiger partial charge in [0.25, 0.3) is 0 Å². The standard InChI is InChI=1S/C7H11ClN6O/c1-3(4(9)15)11-7-13-5(8)12-6(10-2)14-7/h3H,1-2H3,(H2,9,15)(H2,10,11,12,13,14). The first kappa shape index (κ1) is 11.4. The molecule has 15 heavy (non-hydrogen) atoms. The highest BCUT2D eigenvalue weighted by atomic mass is 35.5. The molecule has 0 saturated carbocycles. The molecule has 0 aliphatic heterocycles. The molecule has 0 spiro atoms. The maximum Gasteiger partial charge on any atom is 0.239 e. The Balaban J connectivity index is 2.85. The van der Waals surface area contributed by atoms with Crippen LogP contribution in [0, 0.1) is 0 Å². The first-order valence-corrected chi connectivity index (χ1v) is 4.56. The number of carbonyl (C=O) groups is 1. The quantitative estimate of drug-likeness (QED) is 0.664. The lowest BCUT2D eigenvalue weighted by molar-refractivity contribution is -0.118. The van der Waals surface area contributed by atoms with Crippen molar-refractivity contribution < 1.29 is 4.79 Å². The second-order valence-corrected chi connectivity index (χ2v) is 3.11. The Hall–Kier alpha value is -1.63. The van der Waals surface area contributed by atoms with Gasteiger partial charge in [-0.3, -0.25) is 4.79 Å². The number of nitrogens with one attached hydrogen (secondary N) is 2. The Morgan fingerprint density at radius 1 is 1.40 bits per heavy atom. The van der Waals surface area contributed by atoms with Gasteiger partial charge in [0.2, 0.25) is 23.1 Å². The summed E-state index contributed by atoms with van der Waals surface area (Å²) in [6.45, 7) is 1.60. The smallest absolute Gasteiger partial charge is 0.239 e. The monoisotopic (exact) mass is 230 g/mol. The molecule has 7 nitrogen and oxygen atoms in total. The molecule has 82 valence electrons. The van der Waals surface area contributed by atoms with Crippen molar-refractivity contribution in [3.63, 3.8) is 0 Å². The highest BCUT2D eigenvalue weighted by Crippen LogP contribution is 2.09. The van der Waals surface area contributed by atoms with Crippen LogP contribution in [0.3, 0.4) is 0 Å². The normalized spacial score (nSPS) is 11.9. The first-order chi connectivity index (χ1) is 7.02. The fraction of sp³-hybridized carbons (Fsp3) is 0.429. The van der Waals surface area contributed by atoms with Crippen molar-refractivity contribution in [3.8, 4) is 0 Å². The number of hydrogen-bond donors (Lipinski definition) is 3. The van der Waals surface area contributed by atoms with Crippen LogP contribution in [0.25, 0.3) is 0 Å². The molecule has 0 saturated heterocycles. The van der Waals surface area contributed by atoms with Crippen molar-refractivity contribution in [2.45, 2.75) is 13.0 Å². The molecule has 0 aromatic carbocycles. The Labute approximate surface area is 91.5 Å². The van der Waals surface area contributed by atoms with Crippen LogP contribution in [0.15, 0.2) is 0 Å². The Morgan fingerprint density at radius 3 is 2.53 bits per heavy atom. The van der Waals surface area contributed by atoms with E-state index in [1.807, 2.05) is 0 Å². The summed E-state index contributed by atoms with van der Waals surface area (Å²) in [6, 6.07) is -0.576. The van der Waals surface area contributed by atoms with E-state index in [4.69, 9.17) is 17.3 Å². The van der Waals surface area contributed by atoms with Crippen LogP contribution < -0.4 is 16.4 Å². The Kier molecular flexibility index (Phi) is 3.62. The molecule has 0 radical (unpaired) electrons. The average Bonchev–Trinajstić information content (AvgIpc) is 2.16. The number of halogens is 1. The Morgan fingerprint density at radius 2 is 2.00 bits per heavy atom. The summed E-state index contributed by atoms with van der Waals surface area (Å²) < 4.78 is 0. The van der Waals surface area contributed by atoms with Crippen LogP contribution in [0.2, 0.25) is 5.28 Å². The third-order valence-corrected chi connectivity index (χ3v) is 1.77. The van der Waals surface area contributed by atoms with Gasteiger partial charge in [0, 0.05) is 7.05 Å². The van der Waals surface area contributed by atoms with Gasteiger partial charge in [-0.15, -0.1) is 0 Å². The van der Waals surface area contributed by atoms with Gasteiger partial charge in [0.15, 0.2) is 0 Å². The van der Waals surface area contributed by atoms with E-state index in [1.54, 1.807) is 14.0 Å². The molecular weight excluding hydrogens is 220 g/mol. The number of anilines is 2. The molecule has 4 N–H and O–H groups in total. The van der Waals surface area contributed by atoms with E-state index in [1.165, 1.54) is 0 Å². The largest absolute Gasteiger partial charge is 0.368 e. The second-order valence-electron chi connectivity index (χ2n) is 2.77. The van der Waals surface area contributed by atoms with Gasteiger partial charge in [-0.1, -0.05) is 0 Å². The minimum atomic E-state index is -0.576. The van der Waals surface area contributed by atoms with Gasteiger partial charge in [-0.25, -0.2) is 0 Å². The predicted octanol–water partition coefficient (Wildman–Crippen LogP) is -0.148. The van der Waals surface area contributed by atoms with Crippen LogP contribution in [-0.2, 0) is 4.79 Å². The third-order valence-electron chi connectivity index (χ3n) is 1.60. The number of primary amides is 1. The van der Waals surface area contributed by atoms with Crippen LogP contribution in [-0.4, -0.2) is 33.9 Å². The van der Waals surface area contributed by atoms with Gasteiger partial charge in [-0.2, -0.15) is 15.0 Å². The van der Waals surface area contributed by atoms with Gasteiger partial charge in [0.1, 0.15) is 6.04 Å². The summed E-state index contributed by atoms with van der Waals surface area (Å²) >= 11 is 5.63. The van der Waals surface area contributed by atoms with E-state index in [0.29, 0.717) is 5.95 Å². The van der Waals surface area contributed by atoms with Crippen molar-refractivity contribution in [3.05, 3.63) is 5.28 Å². The Bertz CT molecular complexity index is 370.